The maximum atomic E-state index is 12.8. The van der Waals surface area contributed by atoms with Crippen LogP contribution in [0.5, 0.6) is 0 Å². The molecule has 0 fully saturated rings. The van der Waals surface area contributed by atoms with Gasteiger partial charge in [-0.05, 0) is 44.9 Å². The number of nitrogens with one attached hydrogen (secondary N) is 1. The average Bonchev–Trinajstić information content (AvgIpc) is 2.42. The van der Waals surface area contributed by atoms with E-state index >= 15 is 0 Å². The summed E-state index contributed by atoms with van der Waals surface area (Å²) in [6, 6.07) is 7.26. The standard InChI is InChI=1S/C15H16F3N3/c1-14(2,10-20)6-3-7-21-12-5-4-11(9-19)13(8-12)15(16,17)18/h4-5,8,21H,3,6-7H2,1-2H3. The molecule has 0 aliphatic heterocycles. The molecule has 0 unspecified atom stereocenters. The van der Waals surface area contributed by atoms with Crippen molar-refractivity contribution in [3.63, 3.8) is 0 Å². The summed E-state index contributed by atoms with van der Waals surface area (Å²) in [4.78, 5) is 0. The fourth-order valence-electron chi connectivity index (χ4n) is 1.81. The van der Waals surface area contributed by atoms with Gasteiger partial charge in [-0.2, -0.15) is 23.7 Å². The van der Waals surface area contributed by atoms with Gasteiger partial charge in [0.1, 0.15) is 0 Å². The summed E-state index contributed by atoms with van der Waals surface area (Å²) < 4.78 is 38.4. The minimum absolute atomic E-state index is 0.316. The van der Waals surface area contributed by atoms with Crippen molar-refractivity contribution in [2.45, 2.75) is 32.9 Å². The van der Waals surface area contributed by atoms with Crippen molar-refractivity contribution in [3.05, 3.63) is 29.3 Å². The van der Waals surface area contributed by atoms with Gasteiger partial charge in [0, 0.05) is 12.2 Å². The Morgan fingerprint density at radius 2 is 1.86 bits per heavy atom. The molecule has 21 heavy (non-hydrogen) atoms. The van der Waals surface area contributed by atoms with E-state index in [1.54, 1.807) is 6.07 Å². The molecule has 1 aromatic carbocycles. The Bertz CT molecular complexity index is 577. The average molecular weight is 295 g/mol. The molecule has 0 saturated carbocycles. The molecule has 0 atom stereocenters. The molecule has 6 heteroatoms. The molecule has 112 valence electrons. The van der Waals surface area contributed by atoms with Crippen LogP contribution in [0.25, 0.3) is 0 Å². The Kier molecular flexibility index (Phi) is 5.21. The van der Waals surface area contributed by atoms with Gasteiger partial charge in [0.2, 0.25) is 0 Å². The van der Waals surface area contributed by atoms with Crippen LogP contribution in [0.4, 0.5) is 18.9 Å². The third kappa shape index (κ3) is 5.00. The molecule has 0 heterocycles. The number of rotatable bonds is 5. The zero-order valence-electron chi connectivity index (χ0n) is 11.9. The molecule has 1 N–H and O–H groups in total. The van der Waals surface area contributed by atoms with Gasteiger partial charge in [0.15, 0.2) is 0 Å². The summed E-state index contributed by atoms with van der Waals surface area (Å²) >= 11 is 0. The second kappa shape index (κ2) is 6.49. The summed E-state index contributed by atoms with van der Waals surface area (Å²) in [5.74, 6) is 0. The molecule has 0 spiro atoms. The first-order valence-corrected chi connectivity index (χ1v) is 6.46. The Morgan fingerprint density at radius 3 is 2.38 bits per heavy atom. The van der Waals surface area contributed by atoms with Crippen molar-refractivity contribution < 1.29 is 13.2 Å². The van der Waals surface area contributed by atoms with Gasteiger partial charge in [-0.15, -0.1) is 0 Å². The number of hydrogen-bond acceptors (Lipinski definition) is 3. The van der Waals surface area contributed by atoms with Crippen LogP contribution in [-0.4, -0.2) is 6.54 Å². The van der Waals surface area contributed by atoms with Crippen LogP contribution < -0.4 is 5.32 Å². The largest absolute Gasteiger partial charge is 0.417 e. The first-order valence-electron chi connectivity index (χ1n) is 6.46. The van der Waals surface area contributed by atoms with Crippen LogP contribution in [0.15, 0.2) is 18.2 Å². The molecule has 0 aliphatic rings. The molecule has 0 radical (unpaired) electrons. The molecule has 3 nitrogen and oxygen atoms in total. The number of anilines is 1. The highest BCUT2D eigenvalue weighted by Crippen LogP contribution is 2.33. The number of halogens is 3. The molecule has 0 aromatic heterocycles. The highest BCUT2D eigenvalue weighted by molar-refractivity contribution is 5.53. The Hall–Kier alpha value is -2.21. The van der Waals surface area contributed by atoms with E-state index in [4.69, 9.17) is 10.5 Å². The molecule has 0 bridgehead atoms. The topological polar surface area (TPSA) is 59.6 Å². The lowest BCUT2D eigenvalue weighted by Crippen LogP contribution is -2.12. The minimum Gasteiger partial charge on any atom is -0.385 e. The predicted octanol–water partition coefficient (Wildman–Crippen LogP) is 4.32. The van der Waals surface area contributed by atoms with Crippen molar-refractivity contribution in [2.24, 2.45) is 5.41 Å². The number of hydrogen-bond donors (Lipinski definition) is 1. The fraction of sp³-hybridized carbons (Fsp3) is 0.467. The van der Waals surface area contributed by atoms with Crippen molar-refractivity contribution >= 4 is 5.69 Å². The van der Waals surface area contributed by atoms with Gasteiger partial charge in [0.25, 0.3) is 0 Å². The van der Waals surface area contributed by atoms with E-state index in [2.05, 4.69) is 11.4 Å². The van der Waals surface area contributed by atoms with Crippen molar-refractivity contribution in [1.82, 2.24) is 0 Å². The first kappa shape index (κ1) is 16.8. The number of nitriles is 2. The Balaban J connectivity index is 2.70. The van der Waals surface area contributed by atoms with Crippen LogP contribution in [-0.2, 0) is 6.18 Å². The SMILES string of the molecule is CC(C)(C#N)CCCNc1ccc(C#N)c(C(F)(F)F)c1. The van der Waals surface area contributed by atoms with E-state index in [-0.39, 0.29) is 0 Å². The lowest BCUT2D eigenvalue weighted by molar-refractivity contribution is -0.137. The monoisotopic (exact) mass is 295 g/mol. The van der Waals surface area contributed by atoms with Gasteiger partial charge in [-0.1, -0.05) is 0 Å². The van der Waals surface area contributed by atoms with E-state index in [0.717, 1.165) is 12.1 Å². The minimum atomic E-state index is -4.55. The molecule has 0 amide bonds. The molecule has 0 aliphatic carbocycles. The van der Waals surface area contributed by atoms with Gasteiger partial charge >= 0.3 is 6.18 Å². The summed E-state index contributed by atoms with van der Waals surface area (Å²) in [6.45, 7) is 4.10. The van der Waals surface area contributed by atoms with E-state index in [0.29, 0.717) is 25.1 Å². The highest BCUT2D eigenvalue weighted by Gasteiger charge is 2.33. The predicted molar refractivity (Wildman–Crippen MR) is 73.3 cm³/mol. The number of nitrogens with zero attached hydrogens (tertiary/aromatic N) is 2. The third-order valence-electron chi connectivity index (χ3n) is 3.06. The molecule has 1 aromatic rings. The third-order valence-corrected chi connectivity index (χ3v) is 3.06. The maximum absolute atomic E-state index is 12.8. The van der Waals surface area contributed by atoms with Gasteiger partial charge in [-0.25, -0.2) is 0 Å². The summed E-state index contributed by atoms with van der Waals surface area (Å²) in [5.41, 5.74) is -1.45. The van der Waals surface area contributed by atoms with Crippen LogP contribution in [0.1, 0.15) is 37.8 Å². The number of alkyl halides is 3. The maximum Gasteiger partial charge on any atom is 0.417 e. The molecule has 0 saturated heterocycles. The Morgan fingerprint density at radius 1 is 1.19 bits per heavy atom. The van der Waals surface area contributed by atoms with Crippen molar-refractivity contribution in [2.75, 3.05) is 11.9 Å². The van der Waals surface area contributed by atoms with Crippen LogP contribution in [0.3, 0.4) is 0 Å². The van der Waals surface area contributed by atoms with Crippen molar-refractivity contribution in [3.8, 4) is 12.1 Å². The lowest BCUT2D eigenvalue weighted by atomic mass is 9.90. The number of benzene rings is 1. The first-order chi connectivity index (χ1) is 9.69. The molecular weight excluding hydrogens is 279 g/mol. The van der Waals surface area contributed by atoms with E-state index in [1.807, 2.05) is 13.8 Å². The van der Waals surface area contributed by atoms with Crippen LogP contribution in [0, 0.1) is 28.1 Å². The second-order valence-corrected chi connectivity index (χ2v) is 5.40. The fourth-order valence-corrected chi connectivity index (χ4v) is 1.81. The molecular formula is C15H16F3N3. The lowest BCUT2D eigenvalue weighted by Gasteiger charge is -2.16. The normalized spacial score (nSPS) is 11.6. The molecule has 1 rings (SSSR count). The van der Waals surface area contributed by atoms with E-state index < -0.39 is 22.7 Å². The van der Waals surface area contributed by atoms with Crippen molar-refractivity contribution in [1.29, 1.82) is 10.5 Å². The van der Waals surface area contributed by atoms with Gasteiger partial charge < -0.3 is 5.32 Å². The van der Waals surface area contributed by atoms with Crippen LogP contribution >= 0.6 is 0 Å². The quantitative estimate of drug-likeness (QED) is 0.823. The van der Waals surface area contributed by atoms with E-state index in [1.165, 1.54) is 6.07 Å². The summed E-state index contributed by atoms with van der Waals surface area (Å²) in [5, 5.41) is 20.5. The zero-order chi connectivity index (χ0) is 16.1. The summed E-state index contributed by atoms with van der Waals surface area (Å²) in [7, 11) is 0. The second-order valence-electron chi connectivity index (χ2n) is 5.40. The smallest absolute Gasteiger partial charge is 0.385 e. The van der Waals surface area contributed by atoms with Gasteiger partial charge in [-0.3, -0.25) is 0 Å². The van der Waals surface area contributed by atoms with E-state index in [9.17, 15) is 13.2 Å². The summed E-state index contributed by atoms with van der Waals surface area (Å²) in [6.07, 6.45) is -3.23. The zero-order valence-corrected chi connectivity index (χ0v) is 11.9. The Labute approximate surface area is 122 Å². The van der Waals surface area contributed by atoms with Crippen LogP contribution in [0.2, 0.25) is 0 Å². The highest BCUT2D eigenvalue weighted by atomic mass is 19.4. The van der Waals surface area contributed by atoms with Gasteiger partial charge in [0.05, 0.1) is 28.7 Å².